The summed E-state index contributed by atoms with van der Waals surface area (Å²) in [7, 11) is 0. The van der Waals surface area contributed by atoms with E-state index in [4.69, 9.17) is 4.74 Å². The molecule has 5 atom stereocenters. The Morgan fingerprint density at radius 3 is 2.79 bits per heavy atom. The van der Waals surface area contributed by atoms with Gasteiger partial charge in [-0.1, -0.05) is 13.8 Å². The molecule has 0 spiro atoms. The number of carbonyl (C=O) groups is 3. The van der Waals surface area contributed by atoms with E-state index in [2.05, 4.69) is 0 Å². The van der Waals surface area contributed by atoms with Gasteiger partial charge >= 0.3 is 5.97 Å². The van der Waals surface area contributed by atoms with Crippen LogP contribution in [0.4, 0.5) is 0 Å². The maximum absolute atomic E-state index is 12.4. The number of rotatable bonds is 2. The fraction of sp³-hybridized carbons (Fsp3) is 0.667. The summed E-state index contributed by atoms with van der Waals surface area (Å²) >= 11 is 0. The molecule has 0 saturated heterocycles. The third-order valence-electron chi connectivity index (χ3n) is 5.26. The van der Waals surface area contributed by atoms with E-state index in [1.807, 2.05) is 13.8 Å². The van der Waals surface area contributed by atoms with Gasteiger partial charge in [0.2, 0.25) is 0 Å². The number of allylic oxidation sites excluding steroid dienone is 2. The van der Waals surface area contributed by atoms with Crippen molar-refractivity contribution in [3.63, 3.8) is 0 Å². The van der Waals surface area contributed by atoms with Crippen molar-refractivity contribution in [1.82, 2.24) is 0 Å². The van der Waals surface area contributed by atoms with Crippen molar-refractivity contribution in [2.24, 2.45) is 29.1 Å². The molecule has 0 radical (unpaired) electrons. The molecule has 19 heavy (non-hydrogen) atoms. The molecule has 0 N–H and O–H groups in total. The van der Waals surface area contributed by atoms with Crippen LogP contribution in [0.3, 0.4) is 0 Å². The minimum Gasteiger partial charge on any atom is -0.466 e. The zero-order valence-corrected chi connectivity index (χ0v) is 11.4. The largest absolute Gasteiger partial charge is 0.466 e. The van der Waals surface area contributed by atoms with Gasteiger partial charge in [0.1, 0.15) is 0 Å². The summed E-state index contributed by atoms with van der Waals surface area (Å²) in [6, 6.07) is 0. The fourth-order valence-electron chi connectivity index (χ4n) is 4.09. The van der Waals surface area contributed by atoms with Gasteiger partial charge in [0.25, 0.3) is 0 Å². The Morgan fingerprint density at radius 2 is 2.16 bits per heavy atom. The van der Waals surface area contributed by atoms with Crippen LogP contribution in [0.1, 0.15) is 27.2 Å². The lowest BCUT2D eigenvalue weighted by atomic mass is 9.65. The molecule has 4 nitrogen and oxygen atoms in total. The minimum absolute atomic E-state index is 0.00884. The van der Waals surface area contributed by atoms with Crippen molar-refractivity contribution < 1.29 is 19.1 Å². The summed E-state index contributed by atoms with van der Waals surface area (Å²) < 4.78 is 5.05. The quantitative estimate of drug-likeness (QED) is 0.708. The lowest BCUT2D eigenvalue weighted by Gasteiger charge is -2.37. The van der Waals surface area contributed by atoms with E-state index in [1.165, 1.54) is 6.08 Å². The molecule has 0 aliphatic heterocycles. The Balaban J connectivity index is 1.96. The number of hydrogen-bond acceptors (Lipinski definition) is 4. The van der Waals surface area contributed by atoms with Gasteiger partial charge in [-0.2, -0.15) is 0 Å². The van der Waals surface area contributed by atoms with Crippen molar-refractivity contribution >= 4 is 17.5 Å². The molecule has 2 saturated carbocycles. The number of esters is 1. The Morgan fingerprint density at radius 1 is 1.47 bits per heavy atom. The number of fused-ring (bicyclic) bond motifs is 3. The normalized spacial score (nSPS) is 43.4. The van der Waals surface area contributed by atoms with E-state index in [1.54, 1.807) is 6.92 Å². The third kappa shape index (κ3) is 1.43. The van der Waals surface area contributed by atoms with E-state index in [9.17, 15) is 14.4 Å². The summed E-state index contributed by atoms with van der Waals surface area (Å²) in [5, 5.41) is 0. The highest BCUT2D eigenvalue weighted by molar-refractivity contribution is 6.12. The van der Waals surface area contributed by atoms with Crippen LogP contribution in [0.25, 0.3) is 0 Å². The standard InChI is InChI=1S/C15H18O4/c1-4-19-14(18)11-10-12(11)15(3)7(2)5-8(16)6-9(15)13(10)17/h6-7,10-12H,4-5H2,1-3H3/t7-,10+,11?,12+,15+/m1/s1. The summed E-state index contributed by atoms with van der Waals surface area (Å²) in [6.45, 7) is 6.14. The van der Waals surface area contributed by atoms with Gasteiger partial charge in [-0.05, 0) is 24.8 Å². The maximum Gasteiger partial charge on any atom is 0.310 e. The maximum atomic E-state index is 12.4. The predicted molar refractivity (Wildman–Crippen MR) is 67.1 cm³/mol. The molecule has 1 unspecified atom stereocenters. The first-order valence-corrected chi connectivity index (χ1v) is 6.88. The fourth-order valence-corrected chi connectivity index (χ4v) is 4.09. The first kappa shape index (κ1) is 12.6. The van der Waals surface area contributed by atoms with Crippen LogP contribution in [0.2, 0.25) is 0 Å². The van der Waals surface area contributed by atoms with Crippen molar-refractivity contribution in [1.29, 1.82) is 0 Å². The molecule has 0 aromatic heterocycles. The summed E-state index contributed by atoms with van der Waals surface area (Å²) in [6.07, 6.45) is 1.97. The summed E-state index contributed by atoms with van der Waals surface area (Å²) in [4.78, 5) is 35.9. The number of Topliss-reactive ketones (excluding diaryl/α,β-unsaturated/α-hetero) is 1. The van der Waals surface area contributed by atoms with E-state index >= 15 is 0 Å². The van der Waals surface area contributed by atoms with Crippen LogP contribution in [0.15, 0.2) is 11.6 Å². The topological polar surface area (TPSA) is 60.4 Å². The number of ketones is 2. The molecule has 0 bridgehead atoms. The SMILES string of the molecule is CCOC(=O)C1[C@@H]2[C@H]1C(=O)C1=CC(=O)C[C@@H](C)[C@@]12C. The zero-order chi connectivity index (χ0) is 13.9. The summed E-state index contributed by atoms with van der Waals surface area (Å²) in [5.74, 6) is -0.622. The molecular formula is C15H18O4. The lowest BCUT2D eigenvalue weighted by Crippen LogP contribution is -2.37. The molecule has 3 rings (SSSR count). The van der Waals surface area contributed by atoms with Gasteiger partial charge in [0, 0.05) is 23.3 Å². The molecule has 3 aliphatic rings. The lowest BCUT2D eigenvalue weighted by molar-refractivity contribution is -0.146. The minimum atomic E-state index is -0.326. The molecular weight excluding hydrogens is 244 g/mol. The van der Waals surface area contributed by atoms with Gasteiger partial charge in [-0.3, -0.25) is 14.4 Å². The van der Waals surface area contributed by atoms with E-state index in [0.29, 0.717) is 18.6 Å². The number of carbonyl (C=O) groups excluding carboxylic acids is 3. The van der Waals surface area contributed by atoms with Gasteiger partial charge in [0.15, 0.2) is 11.6 Å². The highest BCUT2D eigenvalue weighted by atomic mass is 16.5. The average molecular weight is 262 g/mol. The highest BCUT2D eigenvalue weighted by Crippen LogP contribution is 2.70. The zero-order valence-electron chi connectivity index (χ0n) is 11.4. The average Bonchev–Trinajstić information content (AvgIpc) is 3.04. The van der Waals surface area contributed by atoms with Gasteiger partial charge < -0.3 is 4.74 Å². The van der Waals surface area contributed by atoms with E-state index in [0.717, 1.165) is 0 Å². The Kier molecular flexibility index (Phi) is 2.50. The molecule has 0 heterocycles. The number of hydrogen-bond donors (Lipinski definition) is 0. The van der Waals surface area contributed by atoms with Crippen molar-refractivity contribution in [3.8, 4) is 0 Å². The van der Waals surface area contributed by atoms with Gasteiger partial charge in [-0.25, -0.2) is 0 Å². The summed E-state index contributed by atoms with van der Waals surface area (Å²) in [5.41, 5.74) is 0.319. The Bertz CT molecular complexity index is 518. The van der Waals surface area contributed by atoms with E-state index in [-0.39, 0.29) is 46.6 Å². The van der Waals surface area contributed by atoms with Crippen molar-refractivity contribution in [2.45, 2.75) is 27.2 Å². The molecule has 4 heteroatoms. The smallest absolute Gasteiger partial charge is 0.310 e. The first-order valence-electron chi connectivity index (χ1n) is 6.88. The van der Waals surface area contributed by atoms with Crippen LogP contribution in [0, 0.1) is 29.1 Å². The van der Waals surface area contributed by atoms with Crippen LogP contribution in [-0.4, -0.2) is 24.1 Å². The van der Waals surface area contributed by atoms with Crippen molar-refractivity contribution in [3.05, 3.63) is 11.6 Å². The molecule has 0 aromatic carbocycles. The first-order chi connectivity index (χ1) is 8.92. The second-order valence-electron chi connectivity index (χ2n) is 6.11. The number of ether oxygens (including phenoxy) is 1. The molecule has 0 amide bonds. The van der Waals surface area contributed by atoms with E-state index < -0.39 is 0 Å². The monoisotopic (exact) mass is 262 g/mol. The molecule has 0 aromatic rings. The van der Waals surface area contributed by atoms with Crippen LogP contribution >= 0.6 is 0 Å². The Hall–Kier alpha value is -1.45. The Labute approximate surface area is 112 Å². The second kappa shape index (κ2) is 3.78. The van der Waals surface area contributed by atoms with Crippen LogP contribution in [0.5, 0.6) is 0 Å². The molecule has 102 valence electrons. The van der Waals surface area contributed by atoms with Crippen molar-refractivity contribution in [2.75, 3.05) is 6.61 Å². The second-order valence-corrected chi connectivity index (χ2v) is 6.11. The van der Waals surface area contributed by atoms with Crippen LogP contribution in [-0.2, 0) is 19.1 Å². The third-order valence-corrected chi connectivity index (χ3v) is 5.26. The molecule has 3 aliphatic carbocycles. The van der Waals surface area contributed by atoms with Crippen LogP contribution < -0.4 is 0 Å². The molecule has 2 fully saturated rings. The van der Waals surface area contributed by atoms with Gasteiger partial charge in [-0.15, -0.1) is 0 Å². The van der Waals surface area contributed by atoms with Gasteiger partial charge in [0.05, 0.1) is 12.5 Å². The highest BCUT2D eigenvalue weighted by Gasteiger charge is 2.74. The predicted octanol–water partition coefficient (Wildman–Crippen LogP) is 1.54.